The summed E-state index contributed by atoms with van der Waals surface area (Å²) in [6.07, 6.45) is 0. The summed E-state index contributed by atoms with van der Waals surface area (Å²) in [6, 6.07) is 15.8. The van der Waals surface area contributed by atoms with Crippen LogP contribution in [0.5, 0.6) is 0 Å². The van der Waals surface area contributed by atoms with Crippen molar-refractivity contribution >= 4 is 28.3 Å². The number of carbonyl (C=O) groups is 1. The summed E-state index contributed by atoms with van der Waals surface area (Å²) in [6.45, 7) is 3.70. The minimum atomic E-state index is -0.879. The summed E-state index contributed by atoms with van der Waals surface area (Å²) < 4.78 is 5.33. The number of carboxylic acids is 1. The molecule has 7 heteroatoms. The SMILES string of the molecule is Nc1cc2cccc(N3CCNCC3)c2oc1=O.O=C(O)c1ccccc1. The van der Waals surface area contributed by atoms with Crippen molar-refractivity contribution in [2.45, 2.75) is 0 Å². The Balaban J connectivity index is 0.000000197. The molecule has 2 aromatic carbocycles. The van der Waals surface area contributed by atoms with Gasteiger partial charge in [-0.15, -0.1) is 0 Å². The molecule has 4 N–H and O–H groups in total. The number of rotatable bonds is 2. The van der Waals surface area contributed by atoms with Crippen LogP contribution < -0.4 is 21.6 Å². The molecule has 140 valence electrons. The lowest BCUT2D eigenvalue weighted by Gasteiger charge is -2.29. The lowest BCUT2D eigenvalue weighted by molar-refractivity contribution is 0.0697. The predicted octanol–water partition coefficient (Wildman–Crippen LogP) is 2.17. The fourth-order valence-electron chi connectivity index (χ4n) is 2.88. The normalized spacial score (nSPS) is 13.7. The Morgan fingerprint density at radius 1 is 1.07 bits per heavy atom. The van der Waals surface area contributed by atoms with Crippen LogP contribution in [0.3, 0.4) is 0 Å². The topological polar surface area (TPSA) is 109 Å². The van der Waals surface area contributed by atoms with Gasteiger partial charge in [0.1, 0.15) is 5.69 Å². The van der Waals surface area contributed by atoms with E-state index in [2.05, 4.69) is 10.2 Å². The largest absolute Gasteiger partial charge is 0.478 e. The number of hydrogen-bond donors (Lipinski definition) is 3. The molecule has 0 amide bonds. The third-order valence-corrected chi connectivity index (χ3v) is 4.24. The van der Waals surface area contributed by atoms with Crippen LogP contribution in [0.4, 0.5) is 11.4 Å². The maximum atomic E-state index is 11.5. The summed E-state index contributed by atoms with van der Waals surface area (Å²) in [4.78, 5) is 24.0. The quantitative estimate of drug-likeness (QED) is 0.596. The van der Waals surface area contributed by atoms with Crippen molar-refractivity contribution in [1.29, 1.82) is 0 Å². The second-order valence-corrected chi connectivity index (χ2v) is 6.09. The van der Waals surface area contributed by atoms with Crippen LogP contribution in [0.1, 0.15) is 10.4 Å². The van der Waals surface area contributed by atoms with Gasteiger partial charge in [0.15, 0.2) is 5.58 Å². The van der Waals surface area contributed by atoms with E-state index in [0.717, 1.165) is 37.3 Å². The zero-order valence-electron chi connectivity index (χ0n) is 14.7. The molecule has 1 aliphatic rings. The first kappa shape index (κ1) is 18.5. The number of nitrogens with one attached hydrogen (secondary N) is 1. The van der Waals surface area contributed by atoms with Gasteiger partial charge in [-0.05, 0) is 24.3 Å². The molecule has 0 atom stereocenters. The zero-order chi connectivity index (χ0) is 19.2. The summed E-state index contributed by atoms with van der Waals surface area (Å²) in [5, 5.41) is 12.5. The third-order valence-electron chi connectivity index (χ3n) is 4.24. The fourth-order valence-corrected chi connectivity index (χ4v) is 2.88. The van der Waals surface area contributed by atoms with Gasteiger partial charge in [0.25, 0.3) is 0 Å². The van der Waals surface area contributed by atoms with E-state index in [0.29, 0.717) is 11.1 Å². The average Bonchev–Trinajstić information content (AvgIpc) is 2.70. The predicted molar refractivity (Wildman–Crippen MR) is 105 cm³/mol. The van der Waals surface area contributed by atoms with Crippen molar-refractivity contribution in [1.82, 2.24) is 5.32 Å². The van der Waals surface area contributed by atoms with Crippen molar-refractivity contribution in [2.24, 2.45) is 0 Å². The molecule has 3 aromatic rings. The van der Waals surface area contributed by atoms with E-state index >= 15 is 0 Å². The van der Waals surface area contributed by atoms with Crippen molar-refractivity contribution in [3.05, 3.63) is 70.6 Å². The summed E-state index contributed by atoms with van der Waals surface area (Å²) >= 11 is 0. The summed E-state index contributed by atoms with van der Waals surface area (Å²) in [7, 11) is 0. The lowest BCUT2D eigenvalue weighted by Crippen LogP contribution is -2.43. The van der Waals surface area contributed by atoms with Crippen LogP contribution >= 0.6 is 0 Å². The van der Waals surface area contributed by atoms with E-state index in [9.17, 15) is 9.59 Å². The second kappa shape index (κ2) is 8.37. The number of nitrogen functional groups attached to an aromatic ring is 1. The maximum Gasteiger partial charge on any atom is 0.359 e. The van der Waals surface area contributed by atoms with Crippen molar-refractivity contribution in [3.8, 4) is 0 Å². The van der Waals surface area contributed by atoms with Gasteiger partial charge in [-0.1, -0.05) is 30.3 Å². The number of nitrogens with zero attached hydrogens (tertiary/aromatic N) is 1. The molecule has 0 radical (unpaired) electrons. The molecule has 4 rings (SSSR count). The van der Waals surface area contributed by atoms with Crippen LogP contribution in [0, 0.1) is 0 Å². The van der Waals surface area contributed by atoms with Crippen LogP contribution in [0.2, 0.25) is 0 Å². The summed E-state index contributed by atoms with van der Waals surface area (Å²) in [5.74, 6) is -0.879. The highest BCUT2D eigenvalue weighted by Gasteiger charge is 2.15. The lowest BCUT2D eigenvalue weighted by atomic mass is 10.1. The molecule has 1 saturated heterocycles. The molecule has 0 aliphatic carbocycles. The van der Waals surface area contributed by atoms with Crippen LogP contribution in [0.25, 0.3) is 11.0 Å². The summed E-state index contributed by atoms with van der Waals surface area (Å²) in [5.41, 5.74) is 7.19. The highest BCUT2D eigenvalue weighted by atomic mass is 16.4. The van der Waals surface area contributed by atoms with E-state index in [1.54, 1.807) is 36.4 Å². The van der Waals surface area contributed by atoms with Crippen LogP contribution in [0.15, 0.2) is 63.8 Å². The fraction of sp³-hybridized carbons (Fsp3) is 0.200. The minimum Gasteiger partial charge on any atom is -0.478 e. The Hall–Kier alpha value is -3.32. The molecule has 0 bridgehead atoms. The van der Waals surface area contributed by atoms with E-state index in [4.69, 9.17) is 15.3 Å². The second-order valence-electron chi connectivity index (χ2n) is 6.09. The molecular weight excluding hydrogens is 346 g/mol. The molecule has 1 aliphatic heterocycles. The molecule has 0 unspecified atom stereocenters. The third kappa shape index (κ3) is 4.45. The molecule has 7 nitrogen and oxygen atoms in total. The maximum absolute atomic E-state index is 11.5. The van der Waals surface area contributed by atoms with E-state index in [-0.39, 0.29) is 5.69 Å². The standard InChI is InChI=1S/C13H15N3O2.C7H6O2/c14-10-8-9-2-1-3-11(12(9)18-13(10)17)16-6-4-15-5-7-16;8-7(9)6-4-2-1-3-5-6/h1-3,8,15H,4-7,14H2;1-5H,(H,8,9). The smallest absolute Gasteiger partial charge is 0.359 e. The number of para-hydroxylation sites is 1. The van der Waals surface area contributed by atoms with Crippen LogP contribution in [-0.2, 0) is 0 Å². The Morgan fingerprint density at radius 2 is 1.78 bits per heavy atom. The van der Waals surface area contributed by atoms with Gasteiger partial charge in [-0.2, -0.15) is 0 Å². The van der Waals surface area contributed by atoms with E-state index in [1.807, 2.05) is 18.2 Å². The first-order chi connectivity index (χ1) is 13.1. The van der Waals surface area contributed by atoms with E-state index in [1.165, 1.54) is 0 Å². The van der Waals surface area contributed by atoms with Gasteiger partial charge in [0, 0.05) is 31.6 Å². The van der Waals surface area contributed by atoms with Gasteiger partial charge < -0.3 is 25.5 Å². The number of piperazine rings is 1. The molecule has 1 aromatic heterocycles. The van der Waals surface area contributed by atoms with Crippen molar-refractivity contribution in [2.75, 3.05) is 36.8 Å². The van der Waals surface area contributed by atoms with E-state index < -0.39 is 11.6 Å². The molecule has 0 saturated carbocycles. The van der Waals surface area contributed by atoms with Crippen molar-refractivity contribution < 1.29 is 14.3 Å². The zero-order valence-corrected chi connectivity index (χ0v) is 14.7. The van der Waals surface area contributed by atoms with Gasteiger partial charge in [0.2, 0.25) is 0 Å². The highest BCUT2D eigenvalue weighted by molar-refractivity contribution is 5.90. The number of carboxylic acid groups (broad SMARTS) is 1. The number of benzene rings is 2. The molecule has 0 spiro atoms. The molecule has 1 fully saturated rings. The minimum absolute atomic E-state index is 0.153. The Bertz CT molecular complexity index is 979. The Kier molecular flexibility index (Phi) is 5.73. The first-order valence-electron chi connectivity index (χ1n) is 8.62. The van der Waals surface area contributed by atoms with Gasteiger partial charge >= 0.3 is 11.6 Å². The average molecular weight is 367 g/mol. The monoisotopic (exact) mass is 367 g/mol. The Labute approximate surface area is 156 Å². The highest BCUT2D eigenvalue weighted by Crippen LogP contribution is 2.26. The molecular formula is C20H21N3O4. The van der Waals surface area contributed by atoms with Crippen LogP contribution in [-0.4, -0.2) is 37.3 Å². The van der Waals surface area contributed by atoms with Gasteiger partial charge in [0.05, 0.1) is 11.3 Å². The van der Waals surface area contributed by atoms with Gasteiger partial charge in [-0.3, -0.25) is 0 Å². The number of aromatic carboxylic acids is 1. The first-order valence-corrected chi connectivity index (χ1v) is 8.62. The number of nitrogens with two attached hydrogens (primary N) is 1. The Morgan fingerprint density at radius 3 is 2.41 bits per heavy atom. The van der Waals surface area contributed by atoms with Gasteiger partial charge in [-0.25, -0.2) is 9.59 Å². The number of fused-ring (bicyclic) bond motifs is 1. The number of anilines is 2. The molecule has 2 heterocycles. The number of hydrogen-bond acceptors (Lipinski definition) is 6. The molecule has 27 heavy (non-hydrogen) atoms. The van der Waals surface area contributed by atoms with Crippen molar-refractivity contribution in [3.63, 3.8) is 0 Å².